The van der Waals surface area contributed by atoms with Crippen LogP contribution in [0.25, 0.3) is 12.2 Å². The number of rotatable bonds is 1. The van der Waals surface area contributed by atoms with E-state index in [0.29, 0.717) is 0 Å². The van der Waals surface area contributed by atoms with Crippen LogP contribution < -0.4 is 0 Å². The summed E-state index contributed by atoms with van der Waals surface area (Å²) in [6.45, 7) is 3.70. The molecule has 2 rings (SSSR count). The smallest absolute Gasteiger partial charge is 0.00613 e. The Labute approximate surface area is 66.9 Å². The van der Waals surface area contributed by atoms with Gasteiger partial charge < -0.3 is 0 Å². The molecule has 1 aromatic rings. The van der Waals surface area contributed by atoms with Crippen LogP contribution in [-0.2, 0) is 6.42 Å². The van der Waals surface area contributed by atoms with Crippen LogP contribution in [-0.4, -0.2) is 0 Å². The first-order valence-corrected chi connectivity index (χ1v) is 3.74. The Morgan fingerprint density at radius 1 is 1.45 bits per heavy atom. The van der Waals surface area contributed by atoms with E-state index in [1.54, 1.807) is 0 Å². The largest absolute Gasteiger partial charge is 0.0984 e. The van der Waals surface area contributed by atoms with Crippen molar-refractivity contribution in [2.45, 2.75) is 6.42 Å². The molecule has 0 amide bonds. The second kappa shape index (κ2) is 2.39. The third-order valence-corrected chi connectivity index (χ3v) is 1.93. The molecular formula is C11H9. The van der Waals surface area contributed by atoms with Crippen molar-refractivity contribution in [3.63, 3.8) is 0 Å². The Balaban J connectivity index is 2.53. The van der Waals surface area contributed by atoms with Crippen LogP contribution >= 0.6 is 0 Å². The molecule has 0 saturated heterocycles. The first-order valence-electron chi connectivity index (χ1n) is 3.74. The van der Waals surface area contributed by atoms with Crippen LogP contribution in [0.4, 0.5) is 0 Å². The van der Waals surface area contributed by atoms with Crippen LogP contribution in [0.1, 0.15) is 16.7 Å². The highest BCUT2D eigenvalue weighted by atomic mass is 14.1. The lowest BCUT2D eigenvalue weighted by molar-refractivity contribution is 1.30. The molecule has 0 atom stereocenters. The van der Waals surface area contributed by atoms with Gasteiger partial charge in [0.15, 0.2) is 0 Å². The van der Waals surface area contributed by atoms with E-state index in [1.807, 2.05) is 12.1 Å². The molecule has 0 nitrogen and oxygen atoms in total. The molecule has 0 heteroatoms. The van der Waals surface area contributed by atoms with Gasteiger partial charge in [-0.25, -0.2) is 0 Å². The highest BCUT2D eigenvalue weighted by Gasteiger charge is 2.03. The summed E-state index contributed by atoms with van der Waals surface area (Å²) in [5.41, 5.74) is 3.69. The average Bonchev–Trinajstić information content (AvgIpc) is 2.50. The average molecular weight is 141 g/mol. The topological polar surface area (TPSA) is 0 Å². The summed E-state index contributed by atoms with van der Waals surface area (Å²) in [7, 11) is 0. The van der Waals surface area contributed by atoms with Crippen LogP contribution in [0.15, 0.2) is 24.8 Å². The number of fused-ring (bicyclic) bond motifs is 1. The molecule has 0 unspecified atom stereocenters. The molecule has 0 aliphatic heterocycles. The predicted octanol–water partition coefficient (Wildman–Crippen LogP) is 2.70. The lowest BCUT2D eigenvalue weighted by Gasteiger charge is -1.98. The minimum atomic E-state index is 1.02. The second-order valence-electron chi connectivity index (χ2n) is 2.66. The minimum Gasteiger partial charge on any atom is -0.0984 e. The van der Waals surface area contributed by atoms with E-state index in [4.69, 9.17) is 0 Å². The van der Waals surface area contributed by atoms with Crippen molar-refractivity contribution < 1.29 is 0 Å². The number of hydrogen-bond acceptors (Lipinski definition) is 0. The third-order valence-electron chi connectivity index (χ3n) is 1.93. The summed E-state index contributed by atoms with van der Waals surface area (Å²) in [5.74, 6) is 0. The fourth-order valence-electron chi connectivity index (χ4n) is 1.32. The summed E-state index contributed by atoms with van der Waals surface area (Å²) >= 11 is 0. The van der Waals surface area contributed by atoms with Gasteiger partial charge in [0, 0.05) is 0 Å². The number of hydrogen-bond donors (Lipinski definition) is 0. The van der Waals surface area contributed by atoms with Gasteiger partial charge in [0.25, 0.3) is 0 Å². The van der Waals surface area contributed by atoms with E-state index >= 15 is 0 Å². The first-order chi connectivity index (χ1) is 5.40. The van der Waals surface area contributed by atoms with Crippen molar-refractivity contribution in [1.82, 2.24) is 0 Å². The van der Waals surface area contributed by atoms with Gasteiger partial charge in [-0.1, -0.05) is 36.9 Å². The zero-order chi connectivity index (χ0) is 7.68. The summed E-state index contributed by atoms with van der Waals surface area (Å²) in [6, 6.07) is 7.45. The van der Waals surface area contributed by atoms with E-state index in [0.717, 1.165) is 12.0 Å². The maximum Gasteiger partial charge on any atom is -0.00613 e. The van der Waals surface area contributed by atoms with E-state index in [2.05, 4.69) is 30.9 Å². The van der Waals surface area contributed by atoms with Gasteiger partial charge in [-0.3, -0.25) is 0 Å². The Bertz CT molecular complexity index is 319. The van der Waals surface area contributed by atoms with E-state index in [1.165, 1.54) is 11.1 Å². The Kier molecular flexibility index (Phi) is 1.39. The normalized spacial score (nSPS) is 13.1. The zero-order valence-electron chi connectivity index (χ0n) is 6.30. The monoisotopic (exact) mass is 141 g/mol. The Hall–Kier alpha value is -1.30. The standard InChI is InChI=1S/C11H9/c1-2-9-6-7-10-4-3-5-11(10)8-9/h2-4,6-7H,1,5H2. The quantitative estimate of drug-likeness (QED) is 0.564. The van der Waals surface area contributed by atoms with Crippen LogP contribution in [0.5, 0.6) is 0 Å². The fourth-order valence-corrected chi connectivity index (χ4v) is 1.32. The van der Waals surface area contributed by atoms with E-state index < -0.39 is 0 Å². The minimum absolute atomic E-state index is 1.02. The summed E-state index contributed by atoms with van der Waals surface area (Å²) in [4.78, 5) is 0. The lowest BCUT2D eigenvalue weighted by Crippen LogP contribution is -1.82. The molecule has 1 aliphatic rings. The van der Waals surface area contributed by atoms with Crippen molar-refractivity contribution >= 4 is 12.2 Å². The summed E-state index contributed by atoms with van der Waals surface area (Å²) < 4.78 is 0. The van der Waals surface area contributed by atoms with Crippen LogP contribution in [0.3, 0.4) is 0 Å². The zero-order valence-corrected chi connectivity index (χ0v) is 6.30. The molecule has 11 heavy (non-hydrogen) atoms. The molecule has 0 aromatic heterocycles. The van der Waals surface area contributed by atoms with Gasteiger partial charge in [0.2, 0.25) is 0 Å². The highest BCUT2D eigenvalue weighted by molar-refractivity contribution is 5.62. The molecule has 0 N–H and O–H groups in total. The fraction of sp³-hybridized carbons (Fsp3) is 0.0909. The maximum atomic E-state index is 3.70. The molecule has 53 valence electrons. The van der Waals surface area contributed by atoms with Gasteiger partial charge in [0.05, 0.1) is 0 Å². The van der Waals surface area contributed by atoms with Gasteiger partial charge in [-0.15, -0.1) is 0 Å². The van der Waals surface area contributed by atoms with Crippen molar-refractivity contribution in [3.05, 3.63) is 47.5 Å². The molecular weight excluding hydrogens is 132 g/mol. The maximum absolute atomic E-state index is 3.70. The van der Waals surface area contributed by atoms with Gasteiger partial charge in [-0.05, 0) is 29.2 Å². The lowest BCUT2D eigenvalue weighted by atomic mass is 10.1. The number of benzene rings is 1. The van der Waals surface area contributed by atoms with Crippen LogP contribution in [0.2, 0.25) is 0 Å². The van der Waals surface area contributed by atoms with Gasteiger partial charge >= 0.3 is 0 Å². The molecule has 1 radical (unpaired) electrons. The predicted molar refractivity (Wildman–Crippen MR) is 48.1 cm³/mol. The molecule has 0 heterocycles. The SMILES string of the molecule is C=Cc1[c]c2c(cc1)C=CC2. The van der Waals surface area contributed by atoms with E-state index in [9.17, 15) is 0 Å². The Morgan fingerprint density at radius 3 is 3.18 bits per heavy atom. The van der Waals surface area contributed by atoms with Crippen molar-refractivity contribution in [2.75, 3.05) is 0 Å². The van der Waals surface area contributed by atoms with E-state index in [-0.39, 0.29) is 0 Å². The molecule has 1 aromatic carbocycles. The Morgan fingerprint density at radius 2 is 2.36 bits per heavy atom. The number of allylic oxidation sites excluding steroid dienone is 1. The molecule has 0 saturated carbocycles. The highest BCUT2D eigenvalue weighted by Crippen LogP contribution is 2.19. The molecule has 1 aliphatic carbocycles. The van der Waals surface area contributed by atoms with Crippen LogP contribution in [0, 0.1) is 6.07 Å². The molecule has 0 bridgehead atoms. The molecule has 0 fully saturated rings. The summed E-state index contributed by atoms with van der Waals surface area (Å²) in [5, 5.41) is 0. The third kappa shape index (κ3) is 1.01. The molecule has 0 spiro atoms. The van der Waals surface area contributed by atoms with Crippen molar-refractivity contribution in [3.8, 4) is 0 Å². The summed E-state index contributed by atoms with van der Waals surface area (Å²) in [6.07, 6.45) is 7.16. The van der Waals surface area contributed by atoms with Crippen molar-refractivity contribution in [1.29, 1.82) is 0 Å². The second-order valence-corrected chi connectivity index (χ2v) is 2.66. The van der Waals surface area contributed by atoms with Gasteiger partial charge in [0.1, 0.15) is 0 Å². The van der Waals surface area contributed by atoms with Gasteiger partial charge in [-0.2, -0.15) is 0 Å². The van der Waals surface area contributed by atoms with Crippen molar-refractivity contribution in [2.24, 2.45) is 0 Å². The first kappa shape index (κ1) is 6.41.